The fraction of sp³-hybridized carbons (Fsp3) is 0.241. The van der Waals surface area contributed by atoms with Crippen LogP contribution in [0.4, 0.5) is 17.6 Å². The lowest BCUT2D eigenvalue weighted by Gasteiger charge is -2.11. The molecule has 0 bridgehead atoms. The van der Waals surface area contributed by atoms with E-state index in [2.05, 4.69) is 31.2 Å². The van der Waals surface area contributed by atoms with Crippen molar-refractivity contribution < 1.29 is 22.3 Å². The van der Waals surface area contributed by atoms with Crippen molar-refractivity contribution >= 4 is 10.8 Å². The molecule has 0 heterocycles. The molecule has 0 aromatic heterocycles. The third kappa shape index (κ3) is 5.96. The predicted molar refractivity (Wildman–Crippen MR) is 129 cm³/mol. The summed E-state index contributed by atoms with van der Waals surface area (Å²) >= 11 is 0. The van der Waals surface area contributed by atoms with E-state index in [1.165, 1.54) is 17.7 Å². The summed E-state index contributed by atoms with van der Waals surface area (Å²) in [5, 5.41) is 1.43. The van der Waals surface area contributed by atoms with Gasteiger partial charge in [0, 0.05) is 5.39 Å². The van der Waals surface area contributed by atoms with Gasteiger partial charge in [0.15, 0.2) is 6.61 Å². The van der Waals surface area contributed by atoms with Crippen LogP contribution >= 0.6 is 0 Å². The first-order chi connectivity index (χ1) is 16.3. The Bertz CT molecular complexity index is 1240. The Morgan fingerprint density at radius 3 is 2.03 bits per heavy atom. The van der Waals surface area contributed by atoms with Gasteiger partial charge in [-0.15, -0.1) is 0 Å². The van der Waals surface area contributed by atoms with E-state index in [0.717, 1.165) is 34.9 Å². The Morgan fingerprint density at radius 2 is 1.35 bits per heavy atom. The molecule has 4 aromatic rings. The van der Waals surface area contributed by atoms with Crippen LogP contribution in [0.15, 0.2) is 78.9 Å². The van der Waals surface area contributed by atoms with Gasteiger partial charge in [-0.1, -0.05) is 74.0 Å². The lowest BCUT2D eigenvalue weighted by Crippen LogP contribution is -2.19. The molecule has 0 aliphatic carbocycles. The minimum atomic E-state index is -4.37. The maximum Gasteiger partial charge on any atom is 0.422 e. The summed E-state index contributed by atoms with van der Waals surface area (Å²) in [6.45, 7) is 0.841. The number of aryl methyl sites for hydroxylation is 3. The van der Waals surface area contributed by atoms with E-state index >= 15 is 4.39 Å². The van der Waals surface area contributed by atoms with Crippen LogP contribution in [0.2, 0.25) is 0 Å². The zero-order valence-corrected chi connectivity index (χ0v) is 19.0. The van der Waals surface area contributed by atoms with Gasteiger partial charge in [-0.2, -0.15) is 13.2 Å². The first kappa shape index (κ1) is 23.8. The number of rotatable bonds is 8. The molecule has 0 aliphatic heterocycles. The van der Waals surface area contributed by atoms with Crippen LogP contribution in [0.25, 0.3) is 21.9 Å². The summed E-state index contributed by atoms with van der Waals surface area (Å²) in [5.74, 6) is -0.0683. The second-order valence-corrected chi connectivity index (χ2v) is 8.47. The number of halogens is 4. The Balaban J connectivity index is 1.44. The van der Waals surface area contributed by atoms with Crippen molar-refractivity contribution in [2.75, 3.05) is 6.61 Å². The lowest BCUT2D eigenvalue weighted by atomic mass is 9.96. The highest BCUT2D eigenvalue weighted by Crippen LogP contribution is 2.28. The molecule has 0 unspecified atom stereocenters. The van der Waals surface area contributed by atoms with E-state index in [4.69, 9.17) is 4.74 Å². The van der Waals surface area contributed by atoms with E-state index in [1.54, 1.807) is 12.1 Å². The summed E-state index contributed by atoms with van der Waals surface area (Å²) in [4.78, 5) is 0. The van der Waals surface area contributed by atoms with Gasteiger partial charge in [-0.25, -0.2) is 4.39 Å². The predicted octanol–water partition coefficient (Wildman–Crippen LogP) is 8.32. The number of fused-ring (bicyclic) bond motifs is 1. The van der Waals surface area contributed by atoms with Crippen molar-refractivity contribution in [3.63, 3.8) is 0 Å². The standard InChI is InChI=1S/C29H26F4O/c1-2-3-20-4-9-22(10-5-20)24-14-17-27-25(18-24)13-12-23(28(27)30)11-6-21-7-15-26(16-8-21)34-19-29(31,32)33/h4-5,7-10,12-18H,2-3,6,11,19H2,1H3. The molecule has 176 valence electrons. The number of benzene rings is 4. The molecule has 0 atom stereocenters. The minimum absolute atomic E-state index is 0.161. The molecular formula is C29H26F4O. The number of alkyl halides is 3. The molecule has 0 aliphatic rings. The Morgan fingerprint density at radius 1 is 0.706 bits per heavy atom. The first-order valence-corrected chi connectivity index (χ1v) is 11.4. The third-order valence-corrected chi connectivity index (χ3v) is 5.87. The number of hydrogen-bond acceptors (Lipinski definition) is 1. The smallest absolute Gasteiger partial charge is 0.422 e. The lowest BCUT2D eigenvalue weighted by molar-refractivity contribution is -0.153. The quantitative estimate of drug-likeness (QED) is 0.237. The van der Waals surface area contributed by atoms with Crippen LogP contribution < -0.4 is 4.74 Å². The molecular weight excluding hydrogens is 440 g/mol. The number of hydrogen-bond donors (Lipinski definition) is 0. The molecule has 1 nitrogen and oxygen atoms in total. The highest BCUT2D eigenvalue weighted by molar-refractivity contribution is 5.88. The summed E-state index contributed by atoms with van der Waals surface area (Å²) < 4.78 is 56.7. The molecule has 4 aromatic carbocycles. The summed E-state index contributed by atoms with van der Waals surface area (Å²) in [7, 11) is 0. The van der Waals surface area contributed by atoms with Crippen LogP contribution in [-0.2, 0) is 19.3 Å². The molecule has 0 fully saturated rings. The summed E-state index contributed by atoms with van der Waals surface area (Å²) in [5.41, 5.74) is 4.98. The van der Waals surface area contributed by atoms with Crippen molar-refractivity contribution in [3.05, 3.63) is 101 Å². The average Bonchev–Trinajstić information content (AvgIpc) is 2.83. The second kappa shape index (κ2) is 10.3. The van der Waals surface area contributed by atoms with Gasteiger partial charge in [0.2, 0.25) is 0 Å². The third-order valence-electron chi connectivity index (χ3n) is 5.87. The van der Waals surface area contributed by atoms with Crippen molar-refractivity contribution in [2.24, 2.45) is 0 Å². The SMILES string of the molecule is CCCc1ccc(-c2ccc3c(F)c(CCc4ccc(OCC(F)(F)F)cc4)ccc3c2)cc1. The van der Waals surface area contributed by atoms with E-state index in [1.807, 2.05) is 30.3 Å². The van der Waals surface area contributed by atoms with Gasteiger partial charge < -0.3 is 4.74 Å². The van der Waals surface area contributed by atoms with Crippen molar-refractivity contribution in [1.29, 1.82) is 0 Å². The van der Waals surface area contributed by atoms with E-state index in [-0.39, 0.29) is 11.6 Å². The highest BCUT2D eigenvalue weighted by Gasteiger charge is 2.28. The molecule has 5 heteroatoms. The molecule has 0 saturated carbocycles. The maximum absolute atomic E-state index is 15.2. The zero-order chi connectivity index (χ0) is 24.1. The Labute approximate surface area is 197 Å². The Hall–Kier alpha value is -3.34. The largest absolute Gasteiger partial charge is 0.484 e. The first-order valence-electron chi connectivity index (χ1n) is 11.4. The van der Waals surface area contributed by atoms with Crippen LogP contribution in [0.5, 0.6) is 5.75 Å². The molecule has 4 rings (SSSR count). The highest BCUT2D eigenvalue weighted by atomic mass is 19.4. The van der Waals surface area contributed by atoms with Gasteiger partial charge in [0.25, 0.3) is 0 Å². The van der Waals surface area contributed by atoms with Gasteiger partial charge in [0.1, 0.15) is 11.6 Å². The Kier molecular flexibility index (Phi) is 7.20. The van der Waals surface area contributed by atoms with Crippen LogP contribution in [-0.4, -0.2) is 12.8 Å². The minimum Gasteiger partial charge on any atom is -0.484 e. The number of ether oxygens (including phenoxy) is 1. The fourth-order valence-electron chi connectivity index (χ4n) is 4.06. The normalized spacial score (nSPS) is 11.7. The van der Waals surface area contributed by atoms with Crippen LogP contribution in [0.1, 0.15) is 30.0 Å². The zero-order valence-electron chi connectivity index (χ0n) is 19.0. The summed E-state index contributed by atoms with van der Waals surface area (Å²) in [6, 6.07) is 24.5. The monoisotopic (exact) mass is 466 g/mol. The van der Waals surface area contributed by atoms with Crippen molar-refractivity contribution in [2.45, 2.75) is 38.8 Å². The summed E-state index contributed by atoms with van der Waals surface area (Å²) in [6.07, 6.45) is -1.14. The molecule has 0 spiro atoms. The fourth-order valence-corrected chi connectivity index (χ4v) is 4.06. The van der Waals surface area contributed by atoms with Gasteiger partial charge in [-0.3, -0.25) is 0 Å². The molecule has 0 radical (unpaired) electrons. The van der Waals surface area contributed by atoms with E-state index in [9.17, 15) is 13.2 Å². The molecule has 0 amide bonds. The molecule has 0 saturated heterocycles. The molecule has 0 N–H and O–H groups in total. The maximum atomic E-state index is 15.2. The van der Waals surface area contributed by atoms with Gasteiger partial charge in [-0.05, 0) is 70.7 Å². The topological polar surface area (TPSA) is 9.23 Å². The van der Waals surface area contributed by atoms with Crippen LogP contribution in [0, 0.1) is 5.82 Å². The van der Waals surface area contributed by atoms with Crippen molar-refractivity contribution in [1.82, 2.24) is 0 Å². The average molecular weight is 467 g/mol. The second-order valence-electron chi connectivity index (χ2n) is 8.47. The van der Waals surface area contributed by atoms with E-state index < -0.39 is 12.8 Å². The van der Waals surface area contributed by atoms with Gasteiger partial charge >= 0.3 is 6.18 Å². The molecule has 34 heavy (non-hydrogen) atoms. The van der Waals surface area contributed by atoms with Crippen molar-refractivity contribution in [3.8, 4) is 16.9 Å². The van der Waals surface area contributed by atoms with E-state index in [0.29, 0.717) is 23.8 Å². The van der Waals surface area contributed by atoms with Crippen LogP contribution in [0.3, 0.4) is 0 Å². The van der Waals surface area contributed by atoms with Gasteiger partial charge in [0.05, 0.1) is 0 Å².